The van der Waals surface area contributed by atoms with Gasteiger partial charge in [-0.1, -0.05) is 23.9 Å². The van der Waals surface area contributed by atoms with Gasteiger partial charge in [0.15, 0.2) is 11.0 Å². The van der Waals surface area contributed by atoms with Gasteiger partial charge in [0.05, 0.1) is 35.3 Å². The third-order valence-electron chi connectivity index (χ3n) is 6.32. The van der Waals surface area contributed by atoms with Gasteiger partial charge in [-0.05, 0) is 69.2 Å². The predicted octanol–water partition coefficient (Wildman–Crippen LogP) is 5.29. The molecule has 1 fully saturated rings. The average Bonchev–Trinajstić information content (AvgIpc) is 3.65. The number of alkyl halides is 3. The van der Waals surface area contributed by atoms with E-state index in [0.717, 1.165) is 42.0 Å². The summed E-state index contributed by atoms with van der Waals surface area (Å²) in [6.07, 6.45) is -2.55. The first-order valence-electron chi connectivity index (χ1n) is 12.5. The highest BCUT2D eigenvalue weighted by molar-refractivity contribution is 7.99. The Balaban J connectivity index is 1.39. The molecule has 12 heteroatoms. The summed E-state index contributed by atoms with van der Waals surface area (Å²) in [5.74, 6) is 0.556. The third-order valence-corrected chi connectivity index (χ3v) is 7.38. The van der Waals surface area contributed by atoms with Crippen molar-refractivity contribution in [2.24, 2.45) is 0 Å². The van der Waals surface area contributed by atoms with E-state index in [0.29, 0.717) is 28.9 Å². The highest BCUT2D eigenvalue weighted by Gasteiger charge is 2.31. The highest BCUT2D eigenvalue weighted by atomic mass is 32.2. The quantitative estimate of drug-likeness (QED) is 0.297. The first-order chi connectivity index (χ1) is 18.7. The van der Waals surface area contributed by atoms with E-state index in [1.807, 2.05) is 26.0 Å². The second-order valence-corrected chi connectivity index (χ2v) is 10.3. The van der Waals surface area contributed by atoms with E-state index >= 15 is 0 Å². The number of carbonyl (C=O) groups excluding carboxylic acids is 1. The minimum Gasteiger partial charge on any atom is -0.377 e. The zero-order valence-corrected chi connectivity index (χ0v) is 22.2. The van der Waals surface area contributed by atoms with Crippen molar-refractivity contribution in [3.8, 4) is 11.4 Å². The van der Waals surface area contributed by atoms with Crippen LogP contribution >= 0.6 is 11.8 Å². The van der Waals surface area contributed by atoms with Crippen LogP contribution in [0.15, 0.2) is 59.8 Å². The van der Waals surface area contributed by atoms with E-state index < -0.39 is 11.7 Å². The minimum atomic E-state index is -4.50. The number of ether oxygens (including phenoxy) is 1. The van der Waals surface area contributed by atoms with Gasteiger partial charge in [0.1, 0.15) is 0 Å². The Kier molecular flexibility index (Phi) is 7.76. The molecule has 0 bridgehead atoms. The van der Waals surface area contributed by atoms with Crippen LogP contribution in [0.3, 0.4) is 0 Å². The van der Waals surface area contributed by atoms with E-state index in [4.69, 9.17) is 4.74 Å². The lowest BCUT2D eigenvalue weighted by Gasteiger charge is -2.14. The summed E-state index contributed by atoms with van der Waals surface area (Å²) in [6.45, 7) is 4.49. The van der Waals surface area contributed by atoms with E-state index in [-0.39, 0.29) is 24.2 Å². The minimum absolute atomic E-state index is 0.0350. The van der Waals surface area contributed by atoms with E-state index in [2.05, 4.69) is 20.6 Å². The van der Waals surface area contributed by atoms with Crippen LogP contribution in [0.1, 0.15) is 46.0 Å². The van der Waals surface area contributed by atoms with E-state index in [1.165, 1.54) is 17.8 Å². The fourth-order valence-corrected chi connectivity index (χ4v) is 5.50. The molecular weight excluding hydrogens is 529 g/mol. The molecule has 1 saturated heterocycles. The SMILES string of the molecule is Cc1cc(C)n(-c2cccc(C(=O)NCc3nnc(SCC4CCCO4)n3-c3cccc(C(F)(F)F)c3)c2)n1. The third kappa shape index (κ3) is 6.17. The van der Waals surface area contributed by atoms with Gasteiger partial charge in [0.2, 0.25) is 0 Å². The molecule has 1 N–H and O–H groups in total. The van der Waals surface area contributed by atoms with Crippen LogP contribution in [0, 0.1) is 13.8 Å². The second-order valence-electron chi connectivity index (χ2n) is 9.30. The number of thioether (sulfide) groups is 1. The number of benzene rings is 2. The number of amides is 1. The summed E-state index contributed by atoms with van der Waals surface area (Å²) >= 11 is 1.37. The number of aryl methyl sites for hydroxylation is 2. The maximum Gasteiger partial charge on any atom is 0.416 e. The van der Waals surface area contributed by atoms with Gasteiger partial charge < -0.3 is 10.1 Å². The van der Waals surface area contributed by atoms with Crippen LogP contribution in [-0.4, -0.2) is 48.9 Å². The van der Waals surface area contributed by atoms with Gasteiger partial charge >= 0.3 is 6.18 Å². The molecule has 3 heterocycles. The first kappa shape index (κ1) is 26.9. The van der Waals surface area contributed by atoms with Gasteiger partial charge in [-0.2, -0.15) is 18.3 Å². The molecule has 1 aliphatic rings. The smallest absolute Gasteiger partial charge is 0.377 e. The Labute approximate surface area is 227 Å². The molecule has 5 rings (SSSR count). The van der Waals surface area contributed by atoms with Crippen LogP contribution in [0.4, 0.5) is 13.2 Å². The summed E-state index contributed by atoms with van der Waals surface area (Å²) in [5.41, 5.74) is 2.45. The number of aromatic nitrogens is 5. The molecular formula is C27H27F3N6O2S. The van der Waals surface area contributed by atoms with Crippen molar-refractivity contribution in [2.45, 2.75) is 50.7 Å². The molecule has 4 aromatic rings. The summed E-state index contributed by atoms with van der Waals surface area (Å²) in [4.78, 5) is 13.1. The first-order valence-corrected chi connectivity index (χ1v) is 13.5. The topological polar surface area (TPSA) is 86.9 Å². The van der Waals surface area contributed by atoms with E-state index in [1.54, 1.807) is 33.5 Å². The monoisotopic (exact) mass is 556 g/mol. The van der Waals surface area contributed by atoms with Crippen LogP contribution in [0.5, 0.6) is 0 Å². The van der Waals surface area contributed by atoms with Crippen molar-refractivity contribution < 1.29 is 22.7 Å². The van der Waals surface area contributed by atoms with Crippen molar-refractivity contribution in [2.75, 3.05) is 12.4 Å². The lowest BCUT2D eigenvalue weighted by molar-refractivity contribution is -0.137. The van der Waals surface area contributed by atoms with Gasteiger partial charge in [-0.25, -0.2) is 4.68 Å². The molecule has 1 amide bonds. The number of hydrogen-bond acceptors (Lipinski definition) is 6. The number of nitrogens with zero attached hydrogens (tertiary/aromatic N) is 5. The second kappa shape index (κ2) is 11.2. The van der Waals surface area contributed by atoms with Crippen molar-refractivity contribution in [1.29, 1.82) is 0 Å². The van der Waals surface area contributed by atoms with Crippen LogP contribution in [-0.2, 0) is 17.5 Å². The van der Waals surface area contributed by atoms with Crippen molar-refractivity contribution in [3.63, 3.8) is 0 Å². The average molecular weight is 557 g/mol. The molecule has 1 unspecified atom stereocenters. The molecule has 8 nitrogen and oxygen atoms in total. The molecule has 0 radical (unpaired) electrons. The normalized spacial score (nSPS) is 15.6. The summed E-state index contributed by atoms with van der Waals surface area (Å²) in [7, 11) is 0. The van der Waals surface area contributed by atoms with Crippen LogP contribution in [0.25, 0.3) is 11.4 Å². The molecule has 0 saturated carbocycles. The molecule has 1 aliphatic heterocycles. The zero-order chi connectivity index (χ0) is 27.6. The highest BCUT2D eigenvalue weighted by Crippen LogP contribution is 2.32. The van der Waals surface area contributed by atoms with Gasteiger partial charge in [0.25, 0.3) is 5.91 Å². The molecule has 0 spiro atoms. The molecule has 39 heavy (non-hydrogen) atoms. The van der Waals surface area contributed by atoms with Crippen LogP contribution < -0.4 is 5.32 Å². The van der Waals surface area contributed by atoms with Gasteiger partial charge in [-0.3, -0.25) is 9.36 Å². The Morgan fingerprint density at radius 1 is 1.10 bits per heavy atom. The Morgan fingerprint density at radius 2 is 1.90 bits per heavy atom. The van der Waals surface area contributed by atoms with Crippen LogP contribution in [0.2, 0.25) is 0 Å². The van der Waals surface area contributed by atoms with Gasteiger partial charge in [0, 0.05) is 23.6 Å². The number of nitrogens with one attached hydrogen (secondary N) is 1. The lowest BCUT2D eigenvalue weighted by Crippen LogP contribution is -2.25. The fraction of sp³-hybridized carbons (Fsp3) is 0.333. The Hall–Kier alpha value is -3.64. The molecule has 204 valence electrons. The largest absolute Gasteiger partial charge is 0.416 e. The van der Waals surface area contributed by atoms with Crippen molar-refractivity contribution in [1.82, 2.24) is 29.9 Å². The Bertz CT molecular complexity index is 1480. The maximum atomic E-state index is 13.5. The summed E-state index contributed by atoms with van der Waals surface area (Å²) in [5, 5.41) is 16.2. The number of halogens is 3. The zero-order valence-electron chi connectivity index (χ0n) is 21.4. The standard InChI is InChI=1S/C27H27F3N6O2S/c1-17-12-18(2)36(34-17)22-9-3-6-19(13-22)25(37)31-15-24-32-33-26(39-16-23-10-5-11-38-23)35(24)21-8-4-7-20(14-21)27(28,29)30/h3-4,6-9,12-14,23H,5,10-11,15-16H2,1-2H3,(H,31,37). The lowest BCUT2D eigenvalue weighted by atomic mass is 10.2. The molecule has 0 aliphatic carbocycles. The fourth-order valence-electron chi connectivity index (χ4n) is 4.46. The summed E-state index contributed by atoms with van der Waals surface area (Å²) in [6, 6.07) is 14.0. The van der Waals surface area contributed by atoms with Crippen molar-refractivity contribution >= 4 is 17.7 Å². The van der Waals surface area contributed by atoms with Crippen molar-refractivity contribution in [3.05, 3.63) is 82.9 Å². The number of hydrogen-bond donors (Lipinski definition) is 1. The molecule has 2 aromatic carbocycles. The predicted molar refractivity (Wildman–Crippen MR) is 140 cm³/mol. The summed E-state index contributed by atoms with van der Waals surface area (Å²) < 4.78 is 49.4. The molecule has 2 aromatic heterocycles. The van der Waals surface area contributed by atoms with E-state index in [9.17, 15) is 18.0 Å². The van der Waals surface area contributed by atoms with Gasteiger partial charge in [-0.15, -0.1) is 10.2 Å². The maximum absolute atomic E-state index is 13.5. The Morgan fingerprint density at radius 3 is 2.62 bits per heavy atom. The molecule has 1 atom stereocenters. The number of rotatable bonds is 8. The number of carbonyl (C=O) groups is 1.